The maximum atomic E-state index is 13.0. The molecule has 104 valence electrons. The van der Waals surface area contributed by atoms with Crippen molar-refractivity contribution in [2.24, 2.45) is 0 Å². The van der Waals surface area contributed by atoms with Crippen LogP contribution in [0.5, 0.6) is 5.75 Å². The lowest BCUT2D eigenvalue weighted by molar-refractivity contribution is -0.386. The molecule has 0 aliphatic carbocycles. The Kier molecular flexibility index (Phi) is 4.36. The number of rotatable bonds is 4. The fraction of sp³-hybridized carbons (Fsp3) is 0.0833. The molecule has 0 radical (unpaired) electrons. The molecule has 0 saturated heterocycles. The molecular weight excluding hydrogens is 310 g/mol. The van der Waals surface area contributed by atoms with Gasteiger partial charge in [0.1, 0.15) is 17.6 Å². The fourth-order valence-electron chi connectivity index (χ4n) is 1.46. The highest BCUT2D eigenvalue weighted by Gasteiger charge is 2.17. The van der Waals surface area contributed by atoms with Gasteiger partial charge in [-0.2, -0.15) is 0 Å². The maximum absolute atomic E-state index is 13.0. The first-order valence-electron chi connectivity index (χ1n) is 5.35. The lowest BCUT2D eigenvalue weighted by Crippen LogP contribution is -2.02. The van der Waals surface area contributed by atoms with E-state index >= 15 is 0 Å². The minimum absolute atomic E-state index is 0.0748. The monoisotopic (exact) mass is 316 g/mol. The van der Waals surface area contributed by atoms with Crippen LogP contribution in [-0.2, 0) is 6.61 Å². The van der Waals surface area contributed by atoms with Gasteiger partial charge in [-0.05, 0) is 24.3 Å². The number of nitrogens with zero attached hydrogens (tertiary/aromatic N) is 2. The van der Waals surface area contributed by atoms with Crippen LogP contribution in [0.2, 0.25) is 10.2 Å². The molecule has 2 aromatic rings. The third-order valence-corrected chi connectivity index (χ3v) is 2.92. The van der Waals surface area contributed by atoms with Gasteiger partial charge >= 0.3 is 5.69 Å². The largest absolute Gasteiger partial charge is 0.480 e. The predicted octanol–water partition coefficient (Wildman–Crippen LogP) is 4.01. The average Bonchev–Trinajstić information content (AvgIpc) is 2.40. The Balaban J connectivity index is 2.23. The van der Waals surface area contributed by atoms with E-state index in [0.29, 0.717) is 10.7 Å². The standard InChI is InChI=1S/C12H7Cl2FN2O3/c13-8-2-4-12(14)16-9(8)6-20-11-3-1-7(15)5-10(11)17(18)19/h1-5H,6H2. The summed E-state index contributed by atoms with van der Waals surface area (Å²) in [5.41, 5.74) is -0.138. The molecular formula is C12H7Cl2FN2O3. The molecule has 0 N–H and O–H groups in total. The molecule has 1 aromatic carbocycles. The van der Waals surface area contributed by atoms with Crippen LogP contribution in [0.1, 0.15) is 5.69 Å². The SMILES string of the molecule is O=[N+]([O-])c1cc(F)ccc1OCc1nc(Cl)ccc1Cl. The first-order valence-corrected chi connectivity index (χ1v) is 6.10. The summed E-state index contributed by atoms with van der Waals surface area (Å²) in [6.07, 6.45) is 0. The van der Waals surface area contributed by atoms with Gasteiger partial charge < -0.3 is 4.74 Å². The second kappa shape index (κ2) is 6.02. The molecule has 0 aliphatic heterocycles. The highest BCUT2D eigenvalue weighted by Crippen LogP contribution is 2.28. The quantitative estimate of drug-likeness (QED) is 0.485. The van der Waals surface area contributed by atoms with Gasteiger partial charge in [0.15, 0.2) is 5.75 Å². The zero-order valence-corrected chi connectivity index (χ0v) is 11.4. The van der Waals surface area contributed by atoms with E-state index in [0.717, 1.165) is 12.1 Å². The third kappa shape index (κ3) is 3.34. The summed E-state index contributed by atoms with van der Waals surface area (Å²) in [5.74, 6) is -0.794. The summed E-state index contributed by atoms with van der Waals surface area (Å²) in [4.78, 5) is 14.0. The first kappa shape index (κ1) is 14.5. The maximum Gasteiger partial charge on any atom is 0.313 e. The highest BCUT2D eigenvalue weighted by atomic mass is 35.5. The number of halogens is 3. The van der Waals surface area contributed by atoms with Crippen molar-refractivity contribution in [1.82, 2.24) is 4.98 Å². The van der Waals surface area contributed by atoms with E-state index in [4.69, 9.17) is 27.9 Å². The van der Waals surface area contributed by atoms with Crippen molar-refractivity contribution in [2.75, 3.05) is 0 Å². The van der Waals surface area contributed by atoms with Crippen molar-refractivity contribution < 1.29 is 14.1 Å². The molecule has 0 aliphatic rings. The molecule has 0 amide bonds. The van der Waals surface area contributed by atoms with Crippen LogP contribution in [0, 0.1) is 15.9 Å². The van der Waals surface area contributed by atoms with Crippen LogP contribution in [0.3, 0.4) is 0 Å². The van der Waals surface area contributed by atoms with E-state index in [1.807, 2.05) is 0 Å². The Morgan fingerprint density at radius 1 is 1.30 bits per heavy atom. The number of hydrogen-bond donors (Lipinski definition) is 0. The van der Waals surface area contributed by atoms with Crippen LogP contribution in [0.25, 0.3) is 0 Å². The van der Waals surface area contributed by atoms with E-state index in [1.54, 1.807) is 0 Å². The van der Waals surface area contributed by atoms with Gasteiger partial charge in [-0.3, -0.25) is 10.1 Å². The predicted molar refractivity (Wildman–Crippen MR) is 71.6 cm³/mol. The van der Waals surface area contributed by atoms with Gasteiger partial charge in [-0.15, -0.1) is 0 Å². The lowest BCUT2D eigenvalue weighted by Gasteiger charge is -2.07. The molecule has 8 heteroatoms. The van der Waals surface area contributed by atoms with E-state index < -0.39 is 16.4 Å². The molecule has 20 heavy (non-hydrogen) atoms. The van der Waals surface area contributed by atoms with E-state index in [-0.39, 0.29) is 17.5 Å². The van der Waals surface area contributed by atoms with Gasteiger partial charge in [-0.1, -0.05) is 23.2 Å². The minimum Gasteiger partial charge on any atom is -0.480 e. The average molecular weight is 317 g/mol. The normalized spacial score (nSPS) is 10.3. The summed E-state index contributed by atoms with van der Waals surface area (Å²) in [6, 6.07) is 6.06. The number of aromatic nitrogens is 1. The Bertz CT molecular complexity index is 667. The van der Waals surface area contributed by atoms with E-state index in [9.17, 15) is 14.5 Å². The Labute approximate surface area is 123 Å². The molecule has 0 spiro atoms. The molecule has 0 bridgehead atoms. The van der Waals surface area contributed by atoms with Crippen LogP contribution >= 0.6 is 23.2 Å². The molecule has 0 fully saturated rings. The lowest BCUT2D eigenvalue weighted by atomic mass is 10.3. The minimum atomic E-state index is -0.731. The number of pyridine rings is 1. The summed E-state index contributed by atoms with van der Waals surface area (Å²) in [7, 11) is 0. The number of nitro groups is 1. The van der Waals surface area contributed by atoms with Crippen LogP contribution in [-0.4, -0.2) is 9.91 Å². The van der Waals surface area contributed by atoms with Crippen molar-refractivity contribution in [2.45, 2.75) is 6.61 Å². The topological polar surface area (TPSA) is 65.3 Å². The van der Waals surface area contributed by atoms with Gasteiger partial charge in [-0.25, -0.2) is 9.37 Å². The van der Waals surface area contributed by atoms with Crippen molar-refractivity contribution in [1.29, 1.82) is 0 Å². The highest BCUT2D eigenvalue weighted by molar-refractivity contribution is 6.32. The Morgan fingerprint density at radius 2 is 2.05 bits per heavy atom. The second-order valence-electron chi connectivity index (χ2n) is 3.72. The van der Waals surface area contributed by atoms with Gasteiger partial charge in [0.05, 0.1) is 21.7 Å². The molecule has 0 atom stereocenters. The zero-order valence-electron chi connectivity index (χ0n) is 9.85. The zero-order chi connectivity index (χ0) is 14.7. The molecule has 1 heterocycles. The summed E-state index contributed by atoms with van der Waals surface area (Å²) in [5, 5.41) is 11.3. The van der Waals surface area contributed by atoms with Gasteiger partial charge in [0.2, 0.25) is 0 Å². The number of hydrogen-bond acceptors (Lipinski definition) is 4. The fourth-order valence-corrected chi connectivity index (χ4v) is 1.79. The molecule has 1 aromatic heterocycles. The summed E-state index contributed by atoms with van der Waals surface area (Å²) < 4.78 is 18.2. The summed E-state index contributed by atoms with van der Waals surface area (Å²) in [6.45, 7) is -0.119. The van der Waals surface area contributed by atoms with E-state index in [2.05, 4.69) is 4.98 Å². The number of nitro benzene ring substituents is 1. The smallest absolute Gasteiger partial charge is 0.313 e. The molecule has 0 unspecified atom stereocenters. The molecule has 5 nitrogen and oxygen atoms in total. The van der Waals surface area contributed by atoms with Crippen molar-refractivity contribution in [3.8, 4) is 5.75 Å². The van der Waals surface area contributed by atoms with Gasteiger partial charge in [0, 0.05) is 0 Å². The van der Waals surface area contributed by atoms with Gasteiger partial charge in [0.25, 0.3) is 0 Å². The van der Waals surface area contributed by atoms with Crippen molar-refractivity contribution in [3.63, 3.8) is 0 Å². The van der Waals surface area contributed by atoms with E-state index in [1.165, 1.54) is 18.2 Å². The third-order valence-electron chi connectivity index (χ3n) is 2.37. The first-order chi connectivity index (χ1) is 9.47. The molecule has 0 saturated carbocycles. The van der Waals surface area contributed by atoms with Crippen LogP contribution < -0.4 is 4.74 Å². The van der Waals surface area contributed by atoms with Crippen LogP contribution in [0.15, 0.2) is 30.3 Å². The molecule has 2 rings (SSSR count). The van der Waals surface area contributed by atoms with Crippen molar-refractivity contribution in [3.05, 3.63) is 62.1 Å². The Hall–Kier alpha value is -1.92. The number of benzene rings is 1. The summed E-state index contributed by atoms with van der Waals surface area (Å²) >= 11 is 11.6. The van der Waals surface area contributed by atoms with Crippen LogP contribution in [0.4, 0.5) is 10.1 Å². The van der Waals surface area contributed by atoms with Crippen molar-refractivity contribution >= 4 is 28.9 Å². The second-order valence-corrected chi connectivity index (χ2v) is 4.51. The Morgan fingerprint density at radius 3 is 2.75 bits per heavy atom. The number of ether oxygens (including phenoxy) is 1.